The van der Waals surface area contributed by atoms with E-state index < -0.39 is 5.43 Å². The highest BCUT2D eigenvalue weighted by molar-refractivity contribution is 5.88. The van der Waals surface area contributed by atoms with Crippen LogP contribution in [0.15, 0.2) is 206 Å². The minimum absolute atomic E-state index is 0.00775. The molecule has 0 fully saturated rings. The van der Waals surface area contributed by atoms with Gasteiger partial charge in [0.2, 0.25) is 5.43 Å². The highest BCUT2D eigenvalue weighted by Crippen LogP contribution is 2.30. The molecule has 0 saturated heterocycles. The predicted octanol–water partition coefficient (Wildman–Crippen LogP) is 15.5. The van der Waals surface area contributed by atoms with Crippen molar-refractivity contribution in [3.8, 4) is 28.4 Å². The molecular formula is C55H66O5. The van der Waals surface area contributed by atoms with Crippen LogP contribution in [0.1, 0.15) is 94.9 Å². The van der Waals surface area contributed by atoms with E-state index in [1.54, 1.807) is 12.1 Å². The van der Waals surface area contributed by atoms with E-state index in [0.29, 0.717) is 5.56 Å². The van der Waals surface area contributed by atoms with Gasteiger partial charge in [-0.25, -0.2) is 0 Å². The van der Waals surface area contributed by atoms with Gasteiger partial charge < -0.3 is 19.7 Å². The molecule has 3 rings (SSSR count). The Labute approximate surface area is 359 Å². The van der Waals surface area contributed by atoms with Gasteiger partial charge >= 0.3 is 0 Å². The summed E-state index contributed by atoms with van der Waals surface area (Å²) in [5.74, 6) is -0.434. The summed E-state index contributed by atoms with van der Waals surface area (Å²) in [6.45, 7) is 21.5. The maximum absolute atomic E-state index is 12.4. The number of benzene rings is 2. The highest BCUT2D eigenvalue weighted by Gasteiger charge is 2.13. The van der Waals surface area contributed by atoms with Crippen molar-refractivity contribution in [2.45, 2.75) is 94.9 Å². The molecule has 0 radical (unpaired) electrons. The lowest BCUT2D eigenvalue weighted by atomic mass is 10.0. The Morgan fingerprint density at radius 3 is 1.38 bits per heavy atom. The SMILES string of the molecule is CC(C)=CCC/C(C)=C/C=C/C(C)=C/C=C/C(C)=C/C=C/C=C(C)/C=C/C=C(C)/C=C/C=C(\C)CCC=C(C)C.O=c1c(-c2ccc(O)cc2)coc2cc(O)cc(O)c12. The maximum Gasteiger partial charge on any atom is 0.204 e. The van der Waals surface area contributed by atoms with Gasteiger partial charge in [0.15, 0.2) is 0 Å². The van der Waals surface area contributed by atoms with Crippen molar-refractivity contribution in [3.63, 3.8) is 0 Å². The fourth-order valence-corrected chi connectivity index (χ4v) is 5.47. The second-order valence-electron chi connectivity index (χ2n) is 15.5. The lowest BCUT2D eigenvalue weighted by Crippen LogP contribution is -2.04. The first kappa shape index (κ1) is 49.8. The molecule has 0 spiro atoms. The van der Waals surface area contributed by atoms with Crippen molar-refractivity contribution in [1.29, 1.82) is 0 Å². The van der Waals surface area contributed by atoms with Gasteiger partial charge in [0, 0.05) is 12.1 Å². The van der Waals surface area contributed by atoms with Gasteiger partial charge in [-0.05, 0) is 113 Å². The van der Waals surface area contributed by atoms with Gasteiger partial charge in [-0.2, -0.15) is 0 Å². The number of hydrogen-bond donors (Lipinski definition) is 3. The van der Waals surface area contributed by atoms with Crippen LogP contribution in [0.3, 0.4) is 0 Å². The van der Waals surface area contributed by atoms with Crippen molar-refractivity contribution >= 4 is 11.0 Å². The number of hydrogen-bond acceptors (Lipinski definition) is 5. The summed E-state index contributed by atoms with van der Waals surface area (Å²) < 4.78 is 5.29. The Morgan fingerprint density at radius 2 is 0.950 bits per heavy atom. The summed E-state index contributed by atoms with van der Waals surface area (Å²) in [4.78, 5) is 12.4. The summed E-state index contributed by atoms with van der Waals surface area (Å²) in [7, 11) is 0. The van der Waals surface area contributed by atoms with Crippen molar-refractivity contribution in [1.82, 2.24) is 0 Å². The molecule has 3 aromatic rings. The Hall–Kier alpha value is -6.33. The number of phenols is 3. The fraction of sp³-hybridized carbons (Fsp3) is 0.255. The zero-order valence-electron chi connectivity index (χ0n) is 37.4. The Bertz CT molecular complexity index is 2230. The van der Waals surface area contributed by atoms with Gasteiger partial charge in [0.05, 0.1) is 5.56 Å². The number of phenolic OH excluding ortho intramolecular Hbond substituents is 3. The van der Waals surface area contributed by atoms with E-state index >= 15 is 0 Å². The molecule has 0 aliphatic carbocycles. The molecule has 0 unspecified atom stereocenters. The average Bonchev–Trinajstić information content (AvgIpc) is 3.17. The van der Waals surface area contributed by atoms with Crippen molar-refractivity contribution in [2.24, 2.45) is 0 Å². The molecule has 1 aromatic heterocycles. The molecule has 1 heterocycles. The van der Waals surface area contributed by atoms with Crippen molar-refractivity contribution < 1.29 is 19.7 Å². The third kappa shape index (κ3) is 20.9. The average molecular weight is 807 g/mol. The van der Waals surface area contributed by atoms with Crippen LogP contribution in [-0.2, 0) is 0 Å². The minimum Gasteiger partial charge on any atom is -0.508 e. The summed E-state index contributed by atoms with van der Waals surface area (Å²) in [6, 6.07) is 8.40. The molecule has 3 N–H and O–H groups in total. The Kier molecular flexibility index (Phi) is 22.7. The smallest absolute Gasteiger partial charge is 0.204 e. The number of aromatic hydroxyl groups is 3. The van der Waals surface area contributed by atoms with E-state index in [9.17, 15) is 20.1 Å². The molecule has 0 atom stereocenters. The van der Waals surface area contributed by atoms with Crippen LogP contribution in [0, 0.1) is 0 Å². The van der Waals surface area contributed by atoms with Crippen molar-refractivity contribution in [3.05, 3.63) is 207 Å². The van der Waals surface area contributed by atoms with Gasteiger partial charge in [-0.3, -0.25) is 4.79 Å². The minimum atomic E-state index is -0.408. The summed E-state index contributed by atoms with van der Waals surface area (Å²) >= 11 is 0. The molecule has 5 nitrogen and oxygen atoms in total. The molecule has 0 bridgehead atoms. The van der Waals surface area contributed by atoms with E-state index in [2.05, 4.69) is 179 Å². The summed E-state index contributed by atoms with van der Waals surface area (Å²) in [5, 5.41) is 28.4. The van der Waals surface area contributed by atoms with Gasteiger partial charge in [0.25, 0.3) is 0 Å². The Balaban J connectivity index is 0.000000508. The topological polar surface area (TPSA) is 90.9 Å². The first-order chi connectivity index (χ1) is 28.5. The second kappa shape index (κ2) is 27.4. The lowest BCUT2D eigenvalue weighted by Gasteiger charge is -2.05. The molecule has 0 aliphatic rings. The molecule has 0 aliphatic heterocycles. The predicted molar refractivity (Wildman–Crippen MR) is 258 cm³/mol. The zero-order valence-corrected chi connectivity index (χ0v) is 37.4. The first-order valence-corrected chi connectivity index (χ1v) is 20.5. The van der Waals surface area contributed by atoms with Gasteiger partial charge in [0.1, 0.15) is 34.5 Å². The zero-order chi connectivity index (χ0) is 44.5. The van der Waals surface area contributed by atoms with Crippen LogP contribution in [0.4, 0.5) is 0 Å². The van der Waals surface area contributed by atoms with Gasteiger partial charge in [-0.1, -0.05) is 166 Å². The van der Waals surface area contributed by atoms with Crippen LogP contribution in [-0.4, -0.2) is 15.3 Å². The Morgan fingerprint density at radius 1 is 0.533 bits per heavy atom. The van der Waals surface area contributed by atoms with Crippen molar-refractivity contribution in [2.75, 3.05) is 0 Å². The monoisotopic (exact) mass is 806 g/mol. The highest BCUT2D eigenvalue weighted by atomic mass is 16.3. The second-order valence-corrected chi connectivity index (χ2v) is 15.5. The molecule has 60 heavy (non-hydrogen) atoms. The van der Waals surface area contributed by atoms with E-state index in [1.807, 2.05) is 0 Å². The third-order valence-electron chi connectivity index (χ3n) is 8.95. The largest absolute Gasteiger partial charge is 0.508 e. The normalized spacial score (nSPS) is 13.6. The fourth-order valence-electron chi connectivity index (χ4n) is 5.47. The van der Waals surface area contributed by atoms with E-state index in [4.69, 9.17) is 4.42 Å². The van der Waals surface area contributed by atoms with E-state index in [0.717, 1.165) is 31.7 Å². The number of allylic oxidation sites excluding steroid dienone is 26. The molecule has 0 saturated carbocycles. The van der Waals surface area contributed by atoms with E-state index in [-0.39, 0.29) is 33.8 Å². The standard InChI is InChI=1S/C40H56.C15H10O5/c1-33(2)19-13-23-37(7)27-17-31-39(9)29-15-25-35(5)21-11-12-22-36(6)26-16-30-40(10)32-18-28-38(8)24-14-20-34(3)4;16-9-3-1-8(2-4-9)11-7-20-13-6-10(17)5-12(18)14(13)15(11)19/h11-12,15-22,25-32H,13-14,23-24H2,1-10H3;1-7,16-18H/b12-11+,25-15+,26-16+,31-17+,32-18+,35-21+,36-22+,37-27+,38-28+,39-29+,40-30+;. The molecular weight excluding hydrogens is 741 g/mol. The van der Waals surface area contributed by atoms with Crippen LogP contribution in [0.25, 0.3) is 22.1 Å². The third-order valence-corrected chi connectivity index (χ3v) is 8.95. The molecule has 0 amide bonds. The number of fused-ring (bicyclic) bond motifs is 1. The van der Waals surface area contributed by atoms with Crippen LogP contribution >= 0.6 is 0 Å². The first-order valence-electron chi connectivity index (χ1n) is 20.5. The summed E-state index contributed by atoms with van der Waals surface area (Å²) in [5.41, 5.74) is 11.0. The van der Waals surface area contributed by atoms with Gasteiger partial charge in [-0.15, -0.1) is 0 Å². The number of rotatable bonds is 17. The van der Waals surface area contributed by atoms with Crippen LogP contribution in [0.2, 0.25) is 0 Å². The van der Waals surface area contributed by atoms with E-state index in [1.165, 1.54) is 69.0 Å². The van der Waals surface area contributed by atoms with Crippen LogP contribution in [0.5, 0.6) is 17.2 Å². The summed E-state index contributed by atoms with van der Waals surface area (Å²) in [6.07, 6.45) is 44.6. The molecule has 5 heteroatoms. The molecule has 316 valence electrons. The quantitative estimate of drug-likeness (QED) is 0.0933. The molecule has 2 aromatic carbocycles. The lowest BCUT2D eigenvalue weighted by molar-refractivity contribution is 0.452. The van der Waals surface area contributed by atoms with Crippen LogP contribution < -0.4 is 5.43 Å². The maximum atomic E-state index is 12.4.